The molecule has 1 aromatic carbocycles. The second-order valence-electron chi connectivity index (χ2n) is 11.6. The van der Waals surface area contributed by atoms with Crippen LogP contribution in [0.15, 0.2) is 23.0 Å². The van der Waals surface area contributed by atoms with Gasteiger partial charge >= 0.3 is 0 Å². The third-order valence-electron chi connectivity index (χ3n) is 8.62. The van der Waals surface area contributed by atoms with E-state index in [2.05, 4.69) is 76.0 Å². The van der Waals surface area contributed by atoms with Gasteiger partial charge in [-0.1, -0.05) is 52.4 Å². The fourth-order valence-electron chi connectivity index (χ4n) is 6.51. The van der Waals surface area contributed by atoms with Crippen molar-refractivity contribution in [2.45, 2.75) is 117 Å². The van der Waals surface area contributed by atoms with Gasteiger partial charge in [-0.15, -0.1) is 5.10 Å². The lowest BCUT2D eigenvalue weighted by atomic mass is 9.89. The first-order chi connectivity index (χ1) is 17.4. The van der Waals surface area contributed by atoms with Gasteiger partial charge < -0.3 is 4.98 Å². The fraction of sp³-hybridized carbons (Fsp3) is 0.655. The van der Waals surface area contributed by atoms with Gasteiger partial charge in [0.1, 0.15) is 0 Å². The number of aromatic amines is 1. The number of tetrazole rings is 1. The van der Waals surface area contributed by atoms with Crippen molar-refractivity contribution >= 4 is 10.9 Å². The lowest BCUT2D eigenvalue weighted by Gasteiger charge is -2.41. The third-order valence-corrected chi connectivity index (χ3v) is 8.62. The van der Waals surface area contributed by atoms with Gasteiger partial charge in [0.15, 0.2) is 5.82 Å². The monoisotopic (exact) mass is 490 g/mol. The topological polar surface area (TPSA) is 79.7 Å². The van der Waals surface area contributed by atoms with E-state index in [1.807, 2.05) is 0 Å². The Morgan fingerprint density at radius 3 is 2.33 bits per heavy atom. The van der Waals surface area contributed by atoms with Gasteiger partial charge in [-0.3, -0.25) is 9.69 Å². The molecule has 194 valence electrons. The number of rotatable bonds is 7. The van der Waals surface area contributed by atoms with Crippen molar-refractivity contribution in [3.05, 3.63) is 51.1 Å². The summed E-state index contributed by atoms with van der Waals surface area (Å²) in [6.45, 7) is 9.39. The predicted molar refractivity (Wildman–Crippen MR) is 144 cm³/mol. The first-order valence-electron chi connectivity index (χ1n) is 14.1. The normalized spacial score (nSPS) is 18.9. The largest absolute Gasteiger partial charge is 0.322 e. The van der Waals surface area contributed by atoms with E-state index in [1.54, 1.807) is 0 Å². The Bertz CT molecular complexity index is 1230. The minimum Gasteiger partial charge on any atom is -0.322 e. The van der Waals surface area contributed by atoms with Crippen molar-refractivity contribution in [2.24, 2.45) is 5.92 Å². The van der Waals surface area contributed by atoms with E-state index in [0.29, 0.717) is 24.5 Å². The molecule has 0 aliphatic heterocycles. The molecule has 1 N–H and O–H groups in total. The minimum absolute atomic E-state index is 0.0148. The molecule has 0 saturated heterocycles. The van der Waals surface area contributed by atoms with Crippen LogP contribution >= 0.6 is 0 Å². The highest BCUT2D eigenvalue weighted by atomic mass is 16.1. The number of H-pyrrole nitrogens is 1. The molecule has 7 nitrogen and oxygen atoms in total. The zero-order valence-electron chi connectivity index (χ0n) is 22.5. The van der Waals surface area contributed by atoms with Crippen LogP contribution in [-0.2, 0) is 6.54 Å². The van der Waals surface area contributed by atoms with Crippen LogP contribution in [0, 0.1) is 19.8 Å². The number of hydrogen-bond acceptors (Lipinski definition) is 5. The minimum atomic E-state index is 0.0148. The summed E-state index contributed by atoms with van der Waals surface area (Å²) in [7, 11) is 0. The van der Waals surface area contributed by atoms with Gasteiger partial charge in [-0.2, -0.15) is 0 Å². The van der Waals surface area contributed by atoms with Gasteiger partial charge in [-0.25, -0.2) is 4.68 Å². The molecule has 2 saturated carbocycles. The van der Waals surface area contributed by atoms with Gasteiger partial charge in [0.2, 0.25) is 0 Å². The summed E-state index contributed by atoms with van der Waals surface area (Å²) in [6, 6.07) is 7.27. The molecule has 0 radical (unpaired) electrons. The quantitative estimate of drug-likeness (QED) is 0.428. The Hall–Kier alpha value is -2.54. The van der Waals surface area contributed by atoms with Crippen LogP contribution in [0.5, 0.6) is 0 Å². The van der Waals surface area contributed by atoms with E-state index in [-0.39, 0.29) is 11.6 Å². The van der Waals surface area contributed by atoms with Crippen LogP contribution in [0.3, 0.4) is 0 Å². The summed E-state index contributed by atoms with van der Waals surface area (Å²) in [6.07, 6.45) is 12.2. The van der Waals surface area contributed by atoms with Crippen LogP contribution in [-0.4, -0.2) is 36.1 Å². The average Bonchev–Trinajstić information content (AvgIpc) is 3.35. The first kappa shape index (κ1) is 25.1. The maximum Gasteiger partial charge on any atom is 0.252 e. The highest BCUT2D eigenvalue weighted by Crippen LogP contribution is 2.37. The molecule has 36 heavy (non-hydrogen) atoms. The number of aromatic nitrogens is 5. The molecule has 3 aromatic rings. The molecular weight excluding hydrogens is 448 g/mol. The van der Waals surface area contributed by atoms with E-state index in [0.717, 1.165) is 48.0 Å². The summed E-state index contributed by atoms with van der Waals surface area (Å²) in [5.74, 6) is 1.30. The number of nitrogens with one attached hydrogen (secondary N) is 1. The second-order valence-corrected chi connectivity index (χ2v) is 11.6. The maximum atomic E-state index is 13.3. The van der Waals surface area contributed by atoms with E-state index >= 15 is 0 Å². The lowest BCUT2D eigenvalue weighted by molar-refractivity contribution is 0.0590. The Morgan fingerprint density at radius 2 is 1.64 bits per heavy atom. The van der Waals surface area contributed by atoms with Crippen molar-refractivity contribution in [3.8, 4) is 0 Å². The number of benzene rings is 1. The van der Waals surface area contributed by atoms with Crippen molar-refractivity contribution in [1.29, 1.82) is 0 Å². The van der Waals surface area contributed by atoms with Crippen LogP contribution < -0.4 is 5.56 Å². The second kappa shape index (κ2) is 10.8. The zero-order chi connectivity index (χ0) is 25.2. The van der Waals surface area contributed by atoms with Gasteiger partial charge in [0.25, 0.3) is 5.56 Å². The van der Waals surface area contributed by atoms with Crippen LogP contribution in [0.2, 0.25) is 0 Å². The van der Waals surface area contributed by atoms with Crippen LogP contribution in [0.1, 0.15) is 113 Å². The Balaban J connectivity index is 1.55. The first-order valence-corrected chi connectivity index (χ1v) is 14.1. The summed E-state index contributed by atoms with van der Waals surface area (Å²) in [4.78, 5) is 19.1. The summed E-state index contributed by atoms with van der Waals surface area (Å²) < 4.78 is 2.14. The molecule has 2 fully saturated rings. The molecule has 7 heteroatoms. The van der Waals surface area contributed by atoms with E-state index in [9.17, 15) is 4.79 Å². The SMILES string of the molecule is Cc1cc2cc(CN(C3CCCCC3)C(c3nnnn3C3CCCCC3)C(C)C)c(=O)[nH]c2cc1C. The van der Waals surface area contributed by atoms with Gasteiger partial charge in [-0.05, 0) is 90.6 Å². The number of fused-ring (bicyclic) bond motifs is 1. The number of aryl methyl sites for hydroxylation is 2. The molecule has 2 heterocycles. The number of nitrogens with zero attached hydrogens (tertiary/aromatic N) is 5. The van der Waals surface area contributed by atoms with Crippen LogP contribution in [0.4, 0.5) is 0 Å². The number of hydrogen-bond donors (Lipinski definition) is 1. The van der Waals surface area contributed by atoms with E-state index in [1.165, 1.54) is 49.7 Å². The maximum absolute atomic E-state index is 13.3. The van der Waals surface area contributed by atoms with Crippen molar-refractivity contribution in [2.75, 3.05) is 0 Å². The predicted octanol–water partition coefficient (Wildman–Crippen LogP) is 6.17. The lowest BCUT2D eigenvalue weighted by Crippen LogP contribution is -2.43. The highest BCUT2D eigenvalue weighted by molar-refractivity contribution is 5.80. The molecule has 2 aliphatic carbocycles. The van der Waals surface area contributed by atoms with Crippen molar-refractivity contribution in [3.63, 3.8) is 0 Å². The molecule has 1 unspecified atom stereocenters. The molecule has 0 bridgehead atoms. The molecule has 0 amide bonds. The van der Waals surface area contributed by atoms with Gasteiger partial charge in [0, 0.05) is 23.7 Å². The Labute approximate surface area is 214 Å². The molecule has 2 aromatic heterocycles. The van der Waals surface area contributed by atoms with E-state index < -0.39 is 0 Å². The Morgan fingerprint density at radius 1 is 0.972 bits per heavy atom. The molecule has 2 aliphatic rings. The summed E-state index contributed by atoms with van der Waals surface area (Å²) in [5, 5.41) is 14.4. The fourth-order valence-corrected chi connectivity index (χ4v) is 6.51. The Kier molecular flexibility index (Phi) is 7.56. The molecule has 0 spiro atoms. The summed E-state index contributed by atoms with van der Waals surface area (Å²) >= 11 is 0. The van der Waals surface area contributed by atoms with Gasteiger partial charge in [0.05, 0.1) is 12.1 Å². The standard InChI is InChI=1S/C29H42N6O/c1-19(2)27(28-31-32-33-35(28)25-13-9-6-10-14-25)34(24-11-7-5-8-12-24)18-23-17-22-15-20(3)21(4)16-26(22)30-29(23)36/h15-17,19,24-25,27H,5-14,18H2,1-4H3,(H,30,36). The summed E-state index contributed by atoms with van der Waals surface area (Å²) in [5.41, 5.74) is 4.21. The molecule has 1 atom stereocenters. The highest BCUT2D eigenvalue weighted by Gasteiger charge is 2.36. The van der Waals surface area contributed by atoms with E-state index in [4.69, 9.17) is 0 Å². The third kappa shape index (κ3) is 5.13. The molecule has 5 rings (SSSR count). The number of pyridine rings is 1. The molecular formula is C29H42N6O. The zero-order valence-corrected chi connectivity index (χ0v) is 22.5. The van der Waals surface area contributed by atoms with Crippen LogP contribution in [0.25, 0.3) is 10.9 Å². The average molecular weight is 491 g/mol. The van der Waals surface area contributed by atoms with Crippen molar-refractivity contribution < 1.29 is 0 Å². The van der Waals surface area contributed by atoms with Crippen molar-refractivity contribution in [1.82, 2.24) is 30.1 Å². The smallest absolute Gasteiger partial charge is 0.252 e.